The first-order valence-corrected chi connectivity index (χ1v) is 8.91. The van der Waals surface area contributed by atoms with E-state index in [-0.39, 0.29) is 30.5 Å². The number of aromatic nitrogens is 1. The summed E-state index contributed by atoms with van der Waals surface area (Å²) in [6, 6.07) is 7.60. The SMILES string of the molecule is COC1(C)CCN(C(=O)c2ccc3c(ccn3C/C(=C/F)CN)c2)CC1.Cl. The number of carbonyl (C=O) groups is 1. The number of hydrogen-bond acceptors (Lipinski definition) is 3. The minimum atomic E-state index is -0.136. The molecule has 1 aliphatic rings. The number of halogens is 2. The van der Waals surface area contributed by atoms with Gasteiger partial charge in [-0.2, -0.15) is 0 Å². The van der Waals surface area contributed by atoms with Crippen molar-refractivity contribution in [3.05, 3.63) is 47.9 Å². The molecule has 0 atom stereocenters. The van der Waals surface area contributed by atoms with Crippen molar-refractivity contribution in [2.45, 2.75) is 31.9 Å². The van der Waals surface area contributed by atoms with Crippen LogP contribution in [0.15, 0.2) is 42.4 Å². The molecule has 1 amide bonds. The molecule has 1 aromatic carbocycles. The molecule has 0 aliphatic carbocycles. The van der Waals surface area contributed by atoms with E-state index >= 15 is 0 Å². The van der Waals surface area contributed by atoms with Crippen molar-refractivity contribution in [2.24, 2.45) is 5.73 Å². The summed E-state index contributed by atoms with van der Waals surface area (Å²) in [5, 5.41) is 0.963. The van der Waals surface area contributed by atoms with E-state index in [2.05, 4.69) is 6.92 Å². The Bertz CT molecular complexity index is 826. The van der Waals surface area contributed by atoms with E-state index in [9.17, 15) is 9.18 Å². The molecule has 7 heteroatoms. The number of piperidine rings is 1. The highest BCUT2D eigenvalue weighted by atomic mass is 35.5. The average Bonchev–Trinajstić information content (AvgIpc) is 3.08. The number of carbonyl (C=O) groups excluding carboxylic acids is 1. The maximum Gasteiger partial charge on any atom is 0.253 e. The molecule has 1 fully saturated rings. The minimum Gasteiger partial charge on any atom is -0.378 e. The van der Waals surface area contributed by atoms with Gasteiger partial charge < -0.3 is 19.9 Å². The number of nitrogens with zero attached hydrogens (tertiary/aromatic N) is 2. The van der Waals surface area contributed by atoms with Crippen LogP contribution in [0.1, 0.15) is 30.1 Å². The van der Waals surface area contributed by atoms with Gasteiger partial charge in [0.2, 0.25) is 0 Å². The van der Waals surface area contributed by atoms with Gasteiger partial charge in [-0.15, -0.1) is 12.4 Å². The molecule has 1 aliphatic heterocycles. The Balaban J connectivity index is 0.00000261. The molecule has 0 radical (unpaired) electrons. The van der Waals surface area contributed by atoms with E-state index in [4.69, 9.17) is 10.5 Å². The van der Waals surface area contributed by atoms with Crippen molar-refractivity contribution in [1.29, 1.82) is 0 Å². The molecule has 0 spiro atoms. The van der Waals surface area contributed by atoms with Crippen LogP contribution in [0.5, 0.6) is 0 Å². The zero-order chi connectivity index (χ0) is 18.7. The van der Waals surface area contributed by atoms with E-state index in [1.807, 2.05) is 39.9 Å². The van der Waals surface area contributed by atoms with Crippen LogP contribution >= 0.6 is 12.4 Å². The van der Waals surface area contributed by atoms with E-state index in [1.165, 1.54) is 0 Å². The van der Waals surface area contributed by atoms with Crippen molar-refractivity contribution >= 4 is 29.2 Å². The molecule has 0 unspecified atom stereocenters. The average molecular weight is 396 g/mol. The predicted molar refractivity (Wildman–Crippen MR) is 108 cm³/mol. The van der Waals surface area contributed by atoms with Crippen LogP contribution in [0.4, 0.5) is 4.39 Å². The summed E-state index contributed by atoms with van der Waals surface area (Å²) in [7, 11) is 1.73. The summed E-state index contributed by atoms with van der Waals surface area (Å²) < 4.78 is 20.3. The molecule has 0 bridgehead atoms. The van der Waals surface area contributed by atoms with Crippen LogP contribution in [-0.2, 0) is 11.3 Å². The van der Waals surface area contributed by atoms with Crippen LogP contribution in [-0.4, -0.2) is 47.7 Å². The topological polar surface area (TPSA) is 60.5 Å². The lowest BCUT2D eigenvalue weighted by Gasteiger charge is -2.38. The second-order valence-corrected chi connectivity index (χ2v) is 7.13. The van der Waals surface area contributed by atoms with Gasteiger partial charge in [0.15, 0.2) is 0 Å². The monoisotopic (exact) mass is 395 g/mol. The maximum atomic E-state index is 12.8. The Morgan fingerprint density at radius 1 is 1.33 bits per heavy atom. The minimum absolute atomic E-state index is 0. The lowest BCUT2D eigenvalue weighted by atomic mass is 9.93. The number of benzene rings is 1. The summed E-state index contributed by atoms with van der Waals surface area (Å²) in [5.74, 6) is 0.0455. The third-order valence-corrected chi connectivity index (χ3v) is 5.41. The summed E-state index contributed by atoms with van der Waals surface area (Å²) in [6.45, 7) is 4.07. The Morgan fingerprint density at radius 3 is 2.63 bits per heavy atom. The fraction of sp³-hybridized carbons (Fsp3) is 0.450. The molecule has 148 valence electrons. The highest BCUT2D eigenvalue weighted by molar-refractivity contribution is 5.98. The van der Waals surface area contributed by atoms with Crippen molar-refractivity contribution < 1.29 is 13.9 Å². The number of methoxy groups -OCH3 is 1. The molecular formula is C20H27ClFN3O2. The summed E-state index contributed by atoms with van der Waals surface area (Å²) in [5.41, 5.74) is 7.56. The third kappa shape index (κ3) is 4.51. The Labute approximate surface area is 165 Å². The van der Waals surface area contributed by atoms with Crippen LogP contribution in [0.3, 0.4) is 0 Å². The molecule has 0 saturated carbocycles. The predicted octanol–water partition coefficient (Wildman–Crippen LogP) is 3.52. The summed E-state index contributed by atoms with van der Waals surface area (Å²) in [6.07, 6.45) is 4.13. The zero-order valence-electron chi connectivity index (χ0n) is 15.8. The number of rotatable bonds is 5. The molecular weight excluding hydrogens is 369 g/mol. The van der Waals surface area contributed by atoms with Crippen LogP contribution in [0.25, 0.3) is 10.9 Å². The molecule has 27 heavy (non-hydrogen) atoms. The Morgan fingerprint density at radius 2 is 2.04 bits per heavy atom. The smallest absolute Gasteiger partial charge is 0.253 e. The summed E-state index contributed by atoms with van der Waals surface area (Å²) in [4.78, 5) is 14.7. The van der Waals surface area contributed by atoms with Gasteiger partial charge in [-0.25, -0.2) is 4.39 Å². The number of hydrogen-bond donors (Lipinski definition) is 1. The number of likely N-dealkylation sites (tertiary alicyclic amines) is 1. The number of nitrogens with two attached hydrogens (primary N) is 1. The first-order chi connectivity index (χ1) is 12.5. The van der Waals surface area contributed by atoms with Crippen molar-refractivity contribution in [3.8, 4) is 0 Å². The van der Waals surface area contributed by atoms with Crippen molar-refractivity contribution in [3.63, 3.8) is 0 Å². The van der Waals surface area contributed by atoms with Gasteiger partial charge >= 0.3 is 0 Å². The zero-order valence-corrected chi connectivity index (χ0v) is 16.6. The fourth-order valence-electron chi connectivity index (χ4n) is 3.40. The summed E-state index contributed by atoms with van der Waals surface area (Å²) >= 11 is 0. The lowest BCUT2D eigenvalue weighted by Crippen LogP contribution is -2.46. The normalized spacial score (nSPS) is 17.0. The Kier molecular flexibility index (Phi) is 7.03. The number of amides is 1. The maximum absolute atomic E-state index is 12.8. The second kappa shape index (κ2) is 8.87. The van der Waals surface area contributed by atoms with Crippen LogP contribution in [0, 0.1) is 0 Å². The van der Waals surface area contributed by atoms with Gasteiger partial charge in [-0.1, -0.05) is 0 Å². The van der Waals surface area contributed by atoms with Crippen LogP contribution < -0.4 is 5.73 Å². The number of fused-ring (bicyclic) bond motifs is 1. The van der Waals surface area contributed by atoms with E-state index < -0.39 is 0 Å². The van der Waals surface area contributed by atoms with Gasteiger partial charge in [0.1, 0.15) is 0 Å². The quantitative estimate of drug-likeness (QED) is 0.842. The highest BCUT2D eigenvalue weighted by Gasteiger charge is 2.32. The molecule has 1 aromatic heterocycles. The first-order valence-electron chi connectivity index (χ1n) is 8.91. The van der Waals surface area contributed by atoms with Gasteiger partial charge in [0, 0.05) is 56.0 Å². The molecule has 2 heterocycles. The number of ether oxygens (including phenoxy) is 1. The molecule has 1 saturated heterocycles. The van der Waals surface area contributed by atoms with Gasteiger partial charge in [0.25, 0.3) is 5.91 Å². The molecule has 2 N–H and O–H groups in total. The molecule has 5 nitrogen and oxygen atoms in total. The van der Waals surface area contributed by atoms with Gasteiger partial charge in [-0.3, -0.25) is 4.79 Å². The molecule has 2 aromatic rings. The van der Waals surface area contributed by atoms with Gasteiger partial charge in [-0.05, 0) is 49.6 Å². The largest absolute Gasteiger partial charge is 0.378 e. The van der Waals surface area contributed by atoms with Crippen molar-refractivity contribution in [1.82, 2.24) is 9.47 Å². The third-order valence-electron chi connectivity index (χ3n) is 5.41. The highest BCUT2D eigenvalue weighted by Crippen LogP contribution is 2.26. The lowest BCUT2D eigenvalue weighted by molar-refractivity contribution is -0.0379. The Hall–Kier alpha value is -1.89. The fourth-order valence-corrected chi connectivity index (χ4v) is 3.40. The second-order valence-electron chi connectivity index (χ2n) is 7.13. The van der Waals surface area contributed by atoms with Gasteiger partial charge in [0.05, 0.1) is 11.9 Å². The van der Waals surface area contributed by atoms with Crippen molar-refractivity contribution in [2.75, 3.05) is 26.7 Å². The standard InChI is InChI=1S/C20H26FN3O2.ClH/c1-20(26-2)6-9-23(10-7-20)19(25)17-3-4-18-16(11-17)5-8-24(18)14-15(12-21)13-22;/h3-5,8,11-12H,6-7,9-10,13-14,22H2,1-2H3;1H/b15-12+;. The van der Waals surface area contributed by atoms with E-state index in [0.29, 0.717) is 37.1 Å². The van der Waals surface area contributed by atoms with E-state index in [0.717, 1.165) is 23.7 Å². The molecule has 3 rings (SSSR count). The van der Waals surface area contributed by atoms with E-state index in [1.54, 1.807) is 7.11 Å². The first kappa shape index (κ1) is 21.4. The van der Waals surface area contributed by atoms with Crippen LogP contribution in [0.2, 0.25) is 0 Å².